The zero-order valence-electron chi connectivity index (χ0n) is 9.51. The van der Waals surface area contributed by atoms with Gasteiger partial charge in [-0.1, -0.05) is 0 Å². The van der Waals surface area contributed by atoms with Crippen molar-refractivity contribution in [3.8, 4) is 5.75 Å². The van der Waals surface area contributed by atoms with E-state index < -0.39 is 11.6 Å². The molecule has 0 bridgehead atoms. The van der Waals surface area contributed by atoms with Gasteiger partial charge in [-0.3, -0.25) is 0 Å². The van der Waals surface area contributed by atoms with Crippen LogP contribution in [0.25, 0.3) is 0 Å². The lowest BCUT2D eigenvalue weighted by Gasteiger charge is -2.18. The lowest BCUT2D eigenvalue weighted by atomic mass is 10.0. The first-order valence-electron chi connectivity index (χ1n) is 6.12. The van der Waals surface area contributed by atoms with Gasteiger partial charge in [0.25, 0.3) is 0 Å². The van der Waals surface area contributed by atoms with Crippen molar-refractivity contribution < 1.29 is 13.5 Å². The lowest BCUT2D eigenvalue weighted by Crippen LogP contribution is -2.23. The molecular formula is C13H15F2NO. The first-order valence-corrected chi connectivity index (χ1v) is 6.12. The minimum absolute atomic E-state index is 0.0187. The molecule has 1 N–H and O–H groups in total. The maximum atomic E-state index is 13.6. The van der Waals surface area contributed by atoms with E-state index in [0.29, 0.717) is 18.2 Å². The Bertz CT molecular complexity index is 432. The Hall–Kier alpha value is -1.16. The van der Waals surface area contributed by atoms with E-state index >= 15 is 0 Å². The molecule has 0 aromatic heterocycles. The van der Waals surface area contributed by atoms with Gasteiger partial charge in [0.05, 0.1) is 6.61 Å². The summed E-state index contributed by atoms with van der Waals surface area (Å²) in [6.07, 6.45) is 4.04. The molecule has 1 aliphatic carbocycles. The second kappa shape index (κ2) is 4.26. The third-order valence-electron chi connectivity index (χ3n) is 3.31. The highest BCUT2D eigenvalue weighted by atomic mass is 19.1. The Labute approximate surface area is 99.0 Å². The molecule has 1 fully saturated rings. The fourth-order valence-corrected chi connectivity index (χ4v) is 2.32. The van der Waals surface area contributed by atoms with Crippen molar-refractivity contribution in [3.63, 3.8) is 0 Å². The minimum atomic E-state index is -0.593. The van der Waals surface area contributed by atoms with E-state index in [0.717, 1.165) is 31.7 Å². The van der Waals surface area contributed by atoms with Gasteiger partial charge in [-0.05, 0) is 31.7 Å². The Balaban J connectivity index is 1.97. The van der Waals surface area contributed by atoms with E-state index in [4.69, 9.17) is 4.74 Å². The standard InChI is InChI=1S/C13H15F2NO/c14-8-6-10-12(16-9-3-4-9)2-1-5-17-13(10)11(15)7-8/h6-7,9,12,16H,1-5H2. The number of ether oxygens (including phenoxy) is 1. The fourth-order valence-electron chi connectivity index (χ4n) is 2.32. The molecule has 17 heavy (non-hydrogen) atoms. The van der Waals surface area contributed by atoms with Crippen molar-refractivity contribution in [1.82, 2.24) is 5.32 Å². The van der Waals surface area contributed by atoms with Crippen LogP contribution in [0.2, 0.25) is 0 Å². The van der Waals surface area contributed by atoms with Crippen LogP contribution in [0.3, 0.4) is 0 Å². The van der Waals surface area contributed by atoms with Crippen LogP contribution in [-0.4, -0.2) is 12.6 Å². The van der Waals surface area contributed by atoms with Gasteiger partial charge in [0.15, 0.2) is 11.6 Å². The van der Waals surface area contributed by atoms with Gasteiger partial charge in [-0.15, -0.1) is 0 Å². The van der Waals surface area contributed by atoms with Crippen molar-refractivity contribution in [2.75, 3.05) is 6.61 Å². The Morgan fingerprint density at radius 2 is 2.00 bits per heavy atom. The number of halogens is 2. The van der Waals surface area contributed by atoms with E-state index in [2.05, 4.69) is 5.32 Å². The molecule has 1 aromatic carbocycles. The van der Waals surface area contributed by atoms with E-state index in [1.165, 1.54) is 6.07 Å². The van der Waals surface area contributed by atoms with Crippen LogP contribution in [0.4, 0.5) is 8.78 Å². The van der Waals surface area contributed by atoms with Crippen LogP contribution in [0.1, 0.15) is 37.3 Å². The molecule has 2 nitrogen and oxygen atoms in total. The third kappa shape index (κ3) is 2.27. The maximum Gasteiger partial charge on any atom is 0.168 e. The molecule has 0 spiro atoms. The molecule has 4 heteroatoms. The van der Waals surface area contributed by atoms with E-state index in [1.54, 1.807) is 0 Å². The zero-order valence-corrected chi connectivity index (χ0v) is 9.51. The van der Waals surface area contributed by atoms with Crippen molar-refractivity contribution in [2.45, 2.75) is 37.8 Å². The molecule has 1 atom stereocenters. The lowest BCUT2D eigenvalue weighted by molar-refractivity contribution is 0.299. The van der Waals surface area contributed by atoms with Crippen LogP contribution >= 0.6 is 0 Å². The third-order valence-corrected chi connectivity index (χ3v) is 3.31. The highest BCUT2D eigenvalue weighted by Crippen LogP contribution is 2.36. The van der Waals surface area contributed by atoms with Crippen molar-refractivity contribution >= 4 is 0 Å². The van der Waals surface area contributed by atoms with Gasteiger partial charge >= 0.3 is 0 Å². The first kappa shape index (κ1) is 11.0. The number of rotatable bonds is 2. The van der Waals surface area contributed by atoms with Gasteiger partial charge in [0.2, 0.25) is 0 Å². The first-order chi connectivity index (χ1) is 8.24. The van der Waals surface area contributed by atoms with Gasteiger partial charge in [0, 0.05) is 23.7 Å². The summed E-state index contributed by atoms with van der Waals surface area (Å²) < 4.78 is 32.3. The highest BCUT2D eigenvalue weighted by molar-refractivity contribution is 5.39. The summed E-state index contributed by atoms with van der Waals surface area (Å²) in [5, 5.41) is 3.43. The predicted octanol–water partition coefficient (Wildman–Crippen LogP) is 2.93. The Morgan fingerprint density at radius 1 is 1.18 bits per heavy atom. The topological polar surface area (TPSA) is 21.3 Å². The molecular weight excluding hydrogens is 224 g/mol. The maximum absolute atomic E-state index is 13.6. The summed E-state index contributed by atoms with van der Waals surface area (Å²) in [6.45, 7) is 0.498. The SMILES string of the molecule is Fc1cc(F)c2c(c1)C(NC1CC1)CCCO2. The predicted molar refractivity (Wildman–Crippen MR) is 60.0 cm³/mol. The van der Waals surface area contributed by atoms with Crippen LogP contribution in [0, 0.1) is 11.6 Å². The molecule has 1 heterocycles. The molecule has 1 aliphatic heterocycles. The number of fused-ring (bicyclic) bond motifs is 1. The molecule has 0 amide bonds. The molecule has 1 saturated carbocycles. The summed E-state index contributed by atoms with van der Waals surface area (Å²) in [7, 11) is 0. The number of nitrogens with one attached hydrogen (secondary N) is 1. The van der Waals surface area contributed by atoms with E-state index in [1.807, 2.05) is 0 Å². The normalized spacial score (nSPS) is 23.8. The van der Waals surface area contributed by atoms with Crippen LogP contribution in [0.15, 0.2) is 12.1 Å². The fraction of sp³-hybridized carbons (Fsp3) is 0.538. The van der Waals surface area contributed by atoms with Gasteiger partial charge in [-0.2, -0.15) is 0 Å². The zero-order chi connectivity index (χ0) is 11.8. The summed E-state index contributed by atoms with van der Waals surface area (Å²) in [4.78, 5) is 0. The van der Waals surface area contributed by atoms with Crippen molar-refractivity contribution in [2.24, 2.45) is 0 Å². The number of benzene rings is 1. The molecule has 1 aromatic rings. The second-order valence-corrected chi connectivity index (χ2v) is 4.79. The highest BCUT2D eigenvalue weighted by Gasteiger charge is 2.29. The Morgan fingerprint density at radius 3 is 2.76 bits per heavy atom. The van der Waals surface area contributed by atoms with Crippen molar-refractivity contribution in [1.29, 1.82) is 0 Å². The minimum Gasteiger partial charge on any atom is -0.490 e. The Kier molecular flexibility index (Phi) is 2.74. The molecule has 0 radical (unpaired) electrons. The quantitative estimate of drug-likeness (QED) is 0.856. The summed E-state index contributed by atoms with van der Waals surface area (Å²) in [5.74, 6) is -0.902. The molecule has 1 unspecified atom stereocenters. The monoisotopic (exact) mass is 239 g/mol. The molecule has 92 valence electrons. The van der Waals surface area contributed by atoms with Crippen LogP contribution in [0.5, 0.6) is 5.75 Å². The van der Waals surface area contributed by atoms with Gasteiger partial charge in [0.1, 0.15) is 5.82 Å². The van der Waals surface area contributed by atoms with Gasteiger partial charge in [-0.25, -0.2) is 8.78 Å². The van der Waals surface area contributed by atoms with E-state index in [9.17, 15) is 8.78 Å². The average Bonchev–Trinajstić information content (AvgIpc) is 3.08. The largest absolute Gasteiger partial charge is 0.490 e. The average molecular weight is 239 g/mol. The molecule has 0 saturated heterocycles. The second-order valence-electron chi connectivity index (χ2n) is 4.79. The van der Waals surface area contributed by atoms with Crippen LogP contribution < -0.4 is 10.1 Å². The van der Waals surface area contributed by atoms with Gasteiger partial charge < -0.3 is 10.1 Å². The number of hydrogen-bond donors (Lipinski definition) is 1. The summed E-state index contributed by atoms with van der Waals surface area (Å²) >= 11 is 0. The summed E-state index contributed by atoms with van der Waals surface area (Å²) in [6, 6.07) is 2.81. The van der Waals surface area contributed by atoms with Crippen molar-refractivity contribution in [3.05, 3.63) is 29.3 Å². The van der Waals surface area contributed by atoms with Crippen LogP contribution in [-0.2, 0) is 0 Å². The number of hydrogen-bond acceptors (Lipinski definition) is 2. The van der Waals surface area contributed by atoms with E-state index in [-0.39, 0.29) is 11.8 Å². The molecule has 3 rings (SSSR count). The smallest absolute Gasteiger partial charge is 0.168 e. The summed E-state index contributed by atoms with van der Waals surface area (Å²) in [5.41, 5.74) is 0.631. The molecule has 2 aliphatic rings.